The monoisotopic (exact) mass is 486 g/mol. The molecule has 0 spiro atoms. The van der Waals surface area contributed by atoms with Crippen LogP contribution in [0.3, 0.4) is 0 Å². The second-order valence-electron chi connectivity index (χ2n) is 6.80. The number of rotatable bonds is 7. The summed E-state index contributed by atoms with van der Waals surface area (Å²) in [5, 5.41) is 0.401. The van der Waals surface area contributed by atoms with E-state index < -0.39 is 10.0 Å². The highest BCUT2D eigenvalue weighted by Gasteiger charge is 2.32. The van der Waals surface area contributed by atoms with Crippen molar-refractivity contribution in [1.29, 1.82) is 0 Å². The van der Waals surface area contributed by atoms with Crippen LogP contribution in [0.1, 0.15) is 24.2 Å². The number of benzene rings is 2. The molecule has 0 aliphatic carbocycles. The molecule has 0 radical (unpaired) electrons. The zero-order valence-electron chi connectivity index (χ0n) is 17.3. The summed E-state index contributed by atoms with van der Waals surface area (Å²) in [6.07, 6.45) is 0. The van der Waals surface area contributed by atoms with Crippen molar-refractivity contribution in [2.24, 2.45) is 0 Å². The minimum atomic E-state index is -3.81. The van der Waals surface area contributed by atoms with Crippen molar-refractivity contribution in [2.45, 2.75) is 18.7 Å². The van der Waals surface area contributed by atoms with Crippen molar-refractivity contribution >= 4 is 39.1 Å². The number of piperazine rings is 1. The Morgan fingerprint density at radius 2 is 1.58 bits per heavy atom. The van der Waals surface area contributed by atoms with Crippen molar-refractivity contribution in [3.05, 3.63) is 52.0 Å². The molecule has 1 heterocycles. The summed E-state index contributed by atoms with van der Waals surface area (Å²) in [5.41, 5.74) is 0.459. The molecule has 0 atom stereocenters. The summed E-state index contributed by atoms with van der Waals surface area (Å²) in [4.78, 5) is 14.6. The number of nitrogens with zero attached hydrogens (tertiary/aromatic N) is 2. The highest BCUT2D eigenvalue weighted by atomic mass is 35.5. The molecule has 168 valence electrons. The van der Waals surface area contributed by atoms with Crippen molar-refractivity contribution < 1.29 is 22.7 Å². The second kappa shape index (κ2) is 10.1. The van der Waals surface area contributed by atoms with Crippen molar-refractivity contribution in [3.8, 4) is 11.5 Å². The zero-order valence-corrected chi connectivity index (χ0v) is 19.6. The minimum absolute atomic E-state index is 0.0330. The summed E-state index contributed by atoms with van der Waals surface area (Å²) < 4.78 is 38.4. The van der Waals surface area contributed by atoms with E-state index in [1.54, 1.807) is 23.1 Å². The predicted molar refractivity (Wildman–Crippen MR) is 120 cm³/mol. The summed E-state index contributed by atoms with van der Waals surface area (Å²) in [7, 11) is -3.81. The second-order valence-corrected chi connectivity index (χ2v) is 9.55. The van der Waals surface area contributed by atoms with E-state index in [1.807, 2.05) is 13.8 Å². The van der Waals surface area contributed by atoms with Crippen LogP contribution in [0.4, 0.5) is 0 Å². The van der Waals surface area contributed by atoms with Crippen molar-refractivity contribution in [2.75, 3.05) is 39.4 Å². The summed E-state index contributed by atoms with van der Waals surface area (Å²) >= 11 is 12.0. The topological polar surface area (TPSA) is 76.2 Å². The van der Waals surface area contributed by atoms with Crippen LogP contribution in [0, 0.1) is 0 Å². The van der Waals surface area contributed by atoms with Gasteiger partial charge in [0.05, 0.1) is 18.2 Å². The van der Waals surface area contributed by atoms with Gasteiger partial charge in [0.1, 0.15) is 4.90 Å². The standard InChI is InChI=1S/C21H24Cl2N2O5S/c1-3-29-18-8-5-15(13-19(18)30-4-2)21(26)24-9-11-25(12-10-24)31(27,28)20-14-16(22)6-7-17(20)23/h5-8,13-14H,3-4,9-12H2,1-2H3. The third kappa shape index (κ3) is 5.26. The van der Waals surface area contributed by atoms with E-state index in [2.05, 4.69) is 0 Å². The lowest BCUT2D eigenvalue weighted by atomic mass is 10.1. The third-order valence-corrected chi connectivity index (χ3v) is 7.44. The maximum absolute atomic E-state index is 13.0. The Bertz CT molecular complexity index is 1050. The van der Waals surface area contributed by atoms with E-state index in [0.29, 0.717) is 30.3 Å². The van der Waals surface area contributed by atoms with Gasteiger partial charge >= 0.3 is 0 Å². The molecule has 1 amide bonds. The van der Waals surface area contributed by atoms with E-state index in [0.717, 1.165) is 0 Å². The van der Waals surface area contributed by atoms with Gasteiger partial charge in [-0.2, -0.15) is 4.31 Å². The van der Waals surface area contributed by atoms with Crippen molar-refractivity contribution in [1.82, 2.24) is 9.21 Å². The van der Waals surface area contributed by atoms with E-state index in [9.17, 15) is 13.2 Å². The molecule has 10 heteroatoms. The smallest absolute Gasteiger partial charge is 0.254 e. The van der Waals surface area contributed by atoms with Crippen LogP contribution in [0.5, 0.6) is 11.5 Å². The fourth-order valence-electron chi connectivity index (χ4n) is 3.31. The Kier molecular flexibility index (Phi) is 7.69. The lowest BCUT2D eigenvalue weighted by molar-refractivity contribution is 0.0697. The molecular weight excluding hydrogens is 463 g/mol. The quantitative estimate of drug-likeness (QED) is 0.592. The van der Waals surface area contributed by atoms with E-state index in [4.69, 9.17) is 32.7 Å². The number of carbonyl (C=O) groups is 1. The Labute approximate surface area is 192 Å². The number of hydrogen-bond donors (Lipinski definition) is 0. The molecule has 1 saturated heterocycles. The molecule has 3 rings (SSSR count). The summed E-state index contributed by atoms with van der Waals surface area (Å²) in [5.74, 6) is 0.893. The van der Waals surface area contributed by atoms with Crippen LogP contribution in [0.2, 0.25) is 10.0 Å². The largest absolute Gasteiger partial charge is 0.490 e. The first-order chi connectivity index (χ1) is 14.8. The molecule has 0 saturated carbocycles. The van der Waals surface area contributed by atoms with Gasteiger partial charge in [0.15, 0.2) is 11.5 Å². The van der Waals surface area contributed by atoms with Crippen LogP contribution in [-0.2, 0) is 10.0 Å². The zero-order chi connectivity index (χ0) is 22.6. The van der Waals surface area contributed by atoms with E-state index >= 15 is 0 Å². The molecule has 1 aliphatic heterocycles. The molecule has 31 heavy (non-hydrogen) atoms. The summed E-state index contributed by atoms with van der Waals surface area (Å²) in [6.45, 7) is 5.50. The Hall–Kier alpha value is -2.00. The van der Waals surface area contributed by atoms with Gasteiger partial charge in [-0.3, -0.25) is 4.79 Å². The van der Waals surface area contributed by atoms with Gasteiger partial charge < -0.3 is 14.4 Å². The number of halogens is 2. The fourth-order valence-corrected chi connectivity index (χ4v) is 5.47. The van der Waals surface area contributed by atoms with Crippen LogP contribution in [0.25, 0.3) is 0 Å². The van der Waals surface area contributed by atoms with Gasteiger partial charge in [-0.1, -0.05) is 23.2 Å². The van der Waals surface area contributed by atoms with Crippen LogP contribution >= 0.6 is 23.2 Å². The molecule has 2 aromatic carbocycles. The first kappa shape index (κ1) is 23.7. The van der Waals surface area contributed by atoms with Crippen LogP contribution < -0.4 is 9.47 Å². The average molecular weight is 487 g/mol. The van der Waals surface area contributed by atoms with E-state index in [-0.39, 0.29) is 47.0 Å². The van der Waals surface area contributed by atoms with Gasteiger partial charge in [0, 0.05) is 36.8 Å². The molecular formula is C21H24Cl2N2O5S. The highest BCUT2D eigenvalue weighted by Crippen LogP contribution is 2.30. The fraction of sp³-hybridized carbons (Fsp3) is 0.381. The highest BCUT2D eigenvalue weighted by molar-refractivity contribution is 7.89. The normalized spacial score (nSPS) is 15.0. The molecule has 0 N–H and O–H groups in total. The Balaban J connectivity index is 1.72. The Morgan fingerprint density at radius 1 is 0.935 bits per heavy atom. The molecule has 1 aliphatic rings. The predicted octanol–water partition coefficient (Wildman–Crippen LogP) is 3.94. The first-order valence-corrected chi connectivity index (χ1v) is 12.1. The molecule has 0 bridgehead atoms. The molecule has 0 aromatic heterocycles. The maximum atomic E-state index is 13.0. The maximum Gasteiger partial charge on any atom is 0.254 e. The van der Waals surface area contributed by atoms with Gasteiger partial charge in [-0.15, -0.1) is 0 Å². The molecule has 0 unspecified atom stereocenters. The van der Waals surface area contributed by atoms with Gasteiger partial charge in [0.2, 0.25) is 10.0 Å². The number of sulfonamides is 1. The van der Waals surface area contributed by atoms with Gasteiger partial charge in [-0.05, 0) is 50.2 Å². The minimum Gasteiger partial charge on any atom is -0.490 e. The number of hydrogen-bond acceptors (Lipinski definition) is 5. The lowest BCUT2D eigenvalue weighted by Crippen LogP contribution is -2.50. The molecule has 2 aromatic rings. The van der Waals surface area contributed by atoms with E-state index in [1.165, 1.54) is 22.5 Å². The Morgan fingerprint density at radius 3 is 2.23 bits per heavy atom. The van der Waals surface area contributed by atoms with Crippen LogP contribution in [0.15, 0.2) is 41.3 Å². The van der Waals surface area contributed by atoms with Crippen molar-refractivity contribution in [3.63, 3.8) is 0 Å². The van der Waals surface area contributed by atoms with Gasteiger partial charge in [0.25, 0.3) is 5.91 Å². The summed E-state index contributed by atoms with van der Waals surface area (Å²) in [6, 6.07) is 9.39. The SMILES string of the molecule is CCOc1ccc(C(=O)N2CCN(S(=O)(=O)c3cc(Cl)ccc3Cl)CC2)cc1OCC. The number of carbonyl (C=O) groups excluding carboxylic acids is 1. The molecule has 1 fully saturated rings. The molecule has 7 nitrogen and oxygen atoms in total. The first-order valence-electron chi connectivity index (χ1n) is 9.92. The average Bonchev–Trinajstić information content (AvgIpc) is 2.76. The van der Waals surface area contributed by atoms with Gasteiger partial charge in [-0.25, -0.2) is 8.42 Å². The van der Waals surface area contributed by atoms with Crippen LogP contribution in [-0.4, -0.2) is 62.9 Å². The number of ether oxygens (including phenoxy) is 2. The third-order valence-electron chi connectivity index (χ3n) is 4.83. The number of amides is 1. The lowest BCUT2D eigenvalue weighted by Gasteiger charge is -2.34.